The Balaban J connectivity index is 1.66. The van der Waals surface area contributed by atoms with Crippen molar-refractivity contribution in [1.82, 2.24) is 19.6 Å². The molecule has 0 fully saturated rings. The average Bonchev–Trinajstić information content (AvgIpc) is 2.72. The Morgan fingerprint density at radius 3 is 2.41 bits per heavy atom. The highest BCUT2D eigenvalue weighted by atomic mass is 32.2. The first kappa shape index (κ1) is 23.6. The van der Waals surface area contributed by atoms with Crippen LogP contribution in [0.15, 0.2) is 58.2 Å². The maximum atomic E-state index is 12.7. The molecule has 170 valence electrons. The lowest BCUT2D eigenvalue weighted by Crippen LogP contribution is -2.39. The number of carbonyl (C=O) groups is 1. The van der Waals surface area contributed by atoms with E-state index in [1.807, 2.05) is 6.07 Å². The molecule has 32 heavy (non-hydrogen) atoms. The van der Waals surface area contributed by atoms with Gasteiger partial charge < -0.3 is 10.3 Å². The molecule has 0 radical (unpaired) electrons. The zero-order valence-corrected chi connectivity index (χ0v) is 19.2. The number of amides is 1. The summed E-state index contributed by atoms with van der Waals surface area (Å²) in [6, 6.07) is 12.3. The molecule has 0 saturated heterocycles. The zero-order valence-electron chi connectivity index (χ0n) is 18.4. The van der Waals surface area contributed by atoms with Crippen LogP contribution in [-0.4, -0.2) is 48.3 Å². The van der Waals surface area contributed by atoms with Crippen LogP contribution in [0.3, 0.4) is 0 Å². The molecule has 10 heteroatoms. The molecule has 1 heterocycles. The number of carbonyl (C=O) groups excluding carboxylic acids is 1. The lowest BCUT2D eigenvalue weighted by atomic mass is 10.2. The summed E-state index contributed by atoms with van der Waals surface area (Å²) in [6.45, 7) is 5.49. The number of aromatic nitrogens is 2. The first-order valence-electron chi connectivity index (χ1n) is 10.2. The van der Waals surface area contributed by atoms with E-state index < -0.39 is 16.1 Å². The van der Waals surface area contributed by atoms with E-state index in [1.54, 1.807) is 63.1 Å². The molecule has 1 atom stereocenters. The smallest absolute Gasteiger partial charge is 0.258 e. The summed E-state index contributed by atoms with van der Waals surface area (Å²) in [5.41, 5.74) is 0.854. The monoisotopic (exact) mass is 457 g/mol. The number of para-hydroxylation sites is 1. The predicted octanol–water partition coefficient (Wildman–Crippen LogP) is 2.07. The lowest BCUT2D eigenvalue weighted by molar-refractivity contribution is -0.120. The van der Waals surface area contributed by atoms with Crippen LogP contribution in [0.5, 0.6) is 0 Å². The van der Waals surface area contributed by atoms with Crippen LogP contribution in [0.4, 0.5) is 5.69 Å². The number of benzene rings is 2. The van der Waals surface area contributed by atoms with Crippen molar-refractivity contribution in [3.8, 4) is 0 Å². The average molecular weight is 458 g/mol. The second-order valence-corrected chi connectivity index (χ2v) is 9.62. The van der Waals surface area contributed by atoms with Gasteiger partial charge in [0, 0.05) is 11.7 Å². The minimum absolute atomic E-state index is 0.126. The largest absolute Gasteiger partial charge is 0.325 e. The van der Waals surface area contributed by atoms with E-state index >= 15 is 0 Å². The molecule has 0 spiro atoms. The van der Waals surface area contributed by atoms with Crippen LogP contribution in [0.2, 0.25) is 0 Å². The number of anilines is 1. The van der Waals surface area contributed by atoms with Crippen molar-refractivity contribution in [2.75, 3.05) is 12.4 Å². The van der Waals surface area contributed by atoms with Crippen LogP contribution in [0, 0.1) is 0 Å². The van der Waals surface area contributed by atoms with Gasteiger partial charge in [0.15, 0.2) is 0 Å². The number of aromatic amines is 1. The summed E-state index contributed by atoms with van der Waals surface area (Å²) in [5.74, 6) is 0.189. The Hall–Kier alpha value is -3.08. The Kier molecular flexibility index (Phi) is 7.07. The summed E-state index contributed by atoms with van der Waals surface area (Å²) >= 11 is 0. The number of nitrogens with zero attached hydrogens (tertiary/aromatic N) is 2. The van der Waals surface area contributed by atoms with E-state index in [0.717, 1.165) is 0 Å². The number of sulfonamides is 1. The molecular weight excluding hydrogens is 430 g/mol. The van der Waals surface area contributed by atoms with Crippen molar-refractivity contribution in [2.45, 2.75) is 44.3 Å². The highest BCUT2D eigenvalue weighted by Gasteiger charge is 2.20. The SMILES string of the molecule is CC(C)NS(=O)(=O)c1ccc(NC(=O)[C@H](C)N(C)Cc2nc3ccccc3c(=O)[nH]2)cc1. The van der Waals surface area contributed by atoms with Crippen LogP contribution in [-0.2, 0) is 21.4 Å². The van der Waals surface area contributed by atoms with Gasteiger partial charge >= 0.3 is 0 Å². The Morgan fingerprint density at radius 2 is 1.75 bits per heavy atom. The van der Waals surface area contributed by atoms with E-state index in [1.165, 1.54) is 12.1 Å². The second-order valence-electron chi connectivity index (χ2n) is 7.91. The molecule has 1 amide bonds. The van der Waals surface area contributed by atoms with E-state index in [4.69, 9.17) is 0 Å². The van der Waals surface area contributed by atoms with Crippen molar-refractivity contribution in [3.05, 3.63) is 64.7 Å². The van der Waals surface area contributed by atoms with Gasteiger partial charge in [-0.1, -0.05) is 12.1 Å². The maximum Gasteiger partial charge on any atom is 0.258 e. The number of likely N-dealkylation sites (N-methyl/N-ethyl adjacent to an activating group) is 1. The third-order valence-electron chi connectivity index (χ3n) is 4.92. The van der Waals surface area contributed by atoms with Gasteiger partial charge in [-0.15, -0.1) is 0 Å². The van der Waals surface area contributed by atoms with Gasteiger partial charge in [0.1, 0.15) is 5.82 Å². The van der Waals surface area contributed by atoms with Crippen molar-refractivity contribution < 1.29 is 13.2 Å². The van der Waals surface area contributed by atoms with E-state index in [0.29, 0.717) is 22.4 Å². The van der Waals surface area contributed by atoms with E-state index in [-0.39, 0.29) is 28.9 Å². The fourth-order valence-electron chi connectivity index (χ4n) is 3.13. The van der Waals surface area contributed by atoms with Crippen LogP contribution < -0.4 is 15.6 Å². The van der Waals surface area contributed by atoms with E-state index in [2.05, 4.69) is 20.0 Å². The highest BCUT2D eigenvalue weighted by Crippen LogP contribution is 2.15. The third kappa shape index (κ3) is 5.58. The standard InChI is InChI=1S/C22H27N5O4S/c1-14(2)26-32(30,31)17-11-9-16(10-12-17)23-21(28)15(3)27(4)13-20-24-19-8-6-5-7-18(19)22(29)25-20/h5-12,14-15,26H,13H2,1-4H3,(H,23,28)(H,24,25,29)/t15-/m0/s1. The molecule has 3 aromatic rings. The minimum Gasteiger partial charge on any atom is -0.325 e. The van der Waals surface area contributed by atoms with Gasteiger partial charge in [-0.3, -0.25) is 14.5 Å². The number of nitrogens with one attached hydrogen (secondary N) is 3. The minimum atomic E-state index is -3.60. The summed E-state index contributed by atoms with van der Waals surface area (Å²) in [5, 5.41) is 3.29. The van der Waals surface area contributed by atoms with Crippen LogP contribution in [0.1, 0.15) is 26.6 Å². The molecule has 3 rings (SSSR count). The Bertz CT molecular complexity index is 1270. The summed E-state index contributed by atoms with van der Waals surface area (Å²) in [6.07, 6.45) is 0. The van der Waals surface area contributed by atoms with Crippen LogP contribution >= 0.6 is 0 Å². The van der Waals surface area contributed by atoms with Gasteiger partial charge in [0.2, 0.25) is 15.9 Å². The lowest BCUT2D eigenvalue weighted by Gasteiger charge is -2.23. The second kappa shape index (κ2) is 9.60. The fourth-order valence-corrected chi connectivity index (χ4v) is 4.38. The zero-order chi connectivity index (χ0) is 23.5. The number of fused-ring (bicyclic) bond motifs is 1. The maximum absolute atomic E-state index is 12.7. The molecule has 9 nitrogen and oxygen atoms in total. The molecule has 0 aliphatic heterocycles. The number of hydrogen-bond donors (Lipinski definition) is 3. The fraction of sp³-hybridized carbons (Fsp3) is 0.318. The highest BCUT2D eigenvalue weighted by molar-refractivity contribution is 7.89. The molecular formula is C22H27N5O4S. The number of rotatable bonds is 8. The number of hydrogen-bond acceptors (Lipinski definition) is 6. The summed E-state index contributed by atoms with van der Waals surface area (Å²) in [7, 11) is -1.84. The third-order valence-corrected chi connectivity index (χ3v) is 6.60. The van der Waals surface area contributed by atoms with Crippen molar-refractivity contribution >= 4 is 32.5 Å². The molecule has 0 aliphatic rings. The molecule has 0 aliphatic carbocycles. The van der Waals surface area contributed by atoms with Gasteiger partial charge in [-0.05, 0) is 64.2 Å². The predicted molar refractivity (Wildman–Crippen MR) is 124 cm³/mol. The molecule has 1 aromatic heterocycles. The topological polar surface area (TPSA) is 124 Å². The molecule has 0 bridgehead atoms. The van der Waals surface area contributed by atoms with Crippen LogP contribution in [0.25, 0.3) is 10.9 Å². The van der Waals surface area contributed by atoms with Crippen molar-refractivity contribution in [3.63, 3.8) is 0 Å². The Morgan fingerprint density at radius 1 is 1.09 bits per heavy atom. The van der Waals surface area contributed by atoms with Gasteiger partial charge in [0.05, 0.1) is 28.4 Å². The van der Waals surface area contributed by atoms with Crippen molar-refractivity contribution in [1.29, 1.82) is 0 Å². The first-order chi connectivity index (χ1) is 15.1. The first-order valence-corrected chi connectivity index (χ1v) is 11.7. The van der Waals surface area contributed by atoms with Crippen molar-refractivity contribution in [2.24, 2.45) is 0 Å². The summed E-state index contributed by atoms with van der Waals surface area (Å²) < 4.78 is 26.9. The number of H-pyrrole nitrogens is 1. The Labute approximate surface area is 186 Å². The van der Waals surface area contributed by atoms with Gasteiger partial charge in [-0.25, -0.2) is 18.1 Å². The van der Waals surface area contributed by atoms with E-state index in [9.17, 15) is 18.0 Å². The molecule has 0 saturated carbocycles. The molecule has 3 N–H and O–H groups in total. The summed E-state index contributed by atoms with van der Waals surface area (Å²) in [4.78, 5) is 34.0. The van der Waals surface area contributed by atoms with Gasteiger partial charge in [0.25, 0.3) is 5.56 Å². The normalized spacial score (nSPS) is 12.9. The molecule has 0 unspecified atom stereocenters. The quantitative estimate of drug-likeness (QED) is 0.476. The molecule has 2 aromatic carbocycles. The van der Waals surface area contributed by atoms with Gasteiger partial charge in [-0.2, -0.15) is 0 Å².